The van der Waals surface area contributed by atoms with E-state index < -0.39 is 0 Å². The zero-order chi connectivity index (χ0) is 14.9. The molecular weight excluding hydrogens is 252 g/mol. The fourth-order valence-electron chi connectivity index (χ4n) is 2.84. The fourth-order valence-corrected chi connectivity index (χ4v) is 2.84. The number of aryl methyl sites for hydroxylation is 2. The van der Waals surface area contributed by atoms with E-state index in [1.165, 1.54) is 67.2 Å². The Labute approximate surface area is 130 Å². The zero-order valence-corrected chi connectivity index (χ0v) is 13.6. The molecule has 2 rings (SSSR count). The molecule has 0 aromatic heterocycles. The van der Waals surface area contributed by atoms with E-state index in [0.717, 1.165) is 0 Å². The topological polar surface area (TPSA) is 0 Å². The summed E-state index contributed by atoms with van der Waals surface area (Å²) in [4.78, 5) is 0. The molecule has 21 heavy (non-hydrogen) atoms. The fraction of sp³-hybridized carbons (Fsp3) is 0.429. The van der Waals surface area contributed by atoms with Gasteiger partial charge < -0.3 is 0 Å². The van der Waals surface area contributed by atoms with Crippen molar-refractivity contribution in [3.63, 3.8) is 0 Å². The summed E-state index contributed by atoms with van der Waals surface area (Å²) in [6.45, 7) is 4.43. The molecule has 0 heteroatoms. The molecule has 0 N–H and O–H groups in total. The number of hydrogen-bond donors (Lipinski definition) is 0. The maximum absolute atomic E-state index is 2.36. The van der Waals surface area contributed by atoms with Crippen molar-refractivity contribution >= 4 is 0 Å². The van der Waals surface area contributed by atoms with Gasteiger partial charge >= 0.3 is 0 Å². The second kappa shape index (κ2) is 8.67. The Morgan fingerprint density at radius 1 is 0.714 bits per heavy atom. The molecule has 0 heterocycles. The molecule has 0 bridgehead atoms. The summed E-state index contributed by atoms with van der Waals surface area (Å²) in [5.41, 5.74) is 5.49. The minimum atomic E-state index is 1.21. The molecule has 0 aliphatic carbocycles. The van der Waals surface area contributed by atoms with E-state index in [9.17, 15) is 0 Å². The van der Waals surface area contributed by atoms with Crippen LogP contribution in [0.3, 0.4) is 0 Å². The van der Waals surface area contributed by atoms with E-state index >= 15 is 0 Å². The molecule has 112 valence electrons. The second-order valence-electron chi connectivity index (χ2n) is 6.09. The van der Waals surface area contributed by atoms with Crippen LogP contribution >= 0.6 is 0 Å². The quantitative estimate of drug-likeness (QED) is 0.480. The van der Waals surface area contributed by atoms with Gasteiger partial charge in [0.25, 0.3) is 0 Å². The Hall–Kier alpha value is -1.56. The van der Waals surface area contributed by atoms with E-state index in [1.807, 2.05) is 0 Å². The maximum atomic E-state index is 2.36. The van der Waals surface area contributed by atoms with Gasteiger partial charge in [-0.2, -0.15) is 0 Å². The first-order chi connectivity index (χ1) is 10.3. The smallest absolute Gasteiger partial charge is 0.0181 e. The van der Waals surface area contributed by atoms with Gasteiger partial charge in [0.1, 0.15) is 0 Å². The molecule has 0 radical (unpaired) electrons. The first-order valence-electron chi connectivity index (χ1n) is 8.45. The van der Waals surface area contributed by atoms with E-state index in [0.29, 0.717) is 0 Å². The second-order valence-corrected chi connectivity index (χ2v) is 6.09. The SMILES string of the molecule is CCCCCCCCc1cccc(-c2cccc(C)c2)c1. The van der Waals surface area contributed by atoms with Crippen LogP contribution in [0.5, 0.6) is 0 Å². The van der Waals surface area contributed by atoms with Crippen molar-refractivity contribution in [2.45, 2.75) is 58.8 Å². The van der Waals surface area contributed by atoms with E-state index in [1.54, 1.807) is 0 Å². The summed E-state index contributed by atoms with van der Waals surface area (Å²) in [6.07, 6.45) is 9.42. The van der Waals surface area contributed by atoms with Crippen molar-refractivity contribution in [1.29, 1.82) is 0 Å². The Balaban J connectivity index is 1.89. The van der Waals surface area contributed by atoms with Crippen LogP contribution < -0.4 is 0 Å². The lowest BCUT2D eigenvalue weighted by atomic mass is 9.99. The Morgan fingerprint density at radius 2 is 1.38 bits per heavy atom. The summed E-state index contributed by atoms with van der Waals surface area (Å²) in [6, 6.07) is 17.8. The average Bonchev–Trinajstić information content (AvgIpc) is 2.51. The molecule has 0 aliphatic heterocycles. The van der Waals surface area contributed by atoms with Gasteiger partial charge in [0, 0.05) is 0 Å². The molecule has 2 aromatic rings. The van der Waals surface area contributed by atoms with Crippen LogP contribution in [0.1, 0.15) is 56.6 Å². The van der Waals surface area contributed by atoms with Crippen molar-refractivity contribution < 1.29 is 0 Å². The van der Waals surface area contributed by atoms with Crippen LogP contribution in [-0.4, -0.2) is 0 Å². The minimum absolute atomic E-state index is 1.21. The molecule has 0 aliphatic rings. The molecule has 0 unspecified atom stereocenters. The predicted molar refractivity (Wildman–Crippen MR) is 93.7 cm³/mol. The highest BCUT2D eigenvalue weighted by molar-refractivity contribution is 5.64. The normalized spacial score (nSPS) is 10.8. The summed E-state index contributed by atoms with van der Waals surface area (Å²) in [5.74, 6) is 0. The van der Waals surface area contributed by atoms with Crippen molar-refractivity contribution in [2.24, 2.45) is 0 Å². The van der Waals surface area contributed by atoms with E-state index in [-0.39, 0.29) is 0 Å². The molecule has 0 amide bonds. The molecule has 0 fully saturated rings. The summed E-state index contributed by atoms with van der Waals surface area (Å²) in [5, 5.41) is 0. The van der Waals surface area contributed by atoms with E-state index in [4.69, 9.17) is 0 Å². The van der Waals surface area contributed by atoms with Crippen molar-refractivity contribution in [2.75, 3.05) is 0 Å². The van der Waals surface area contributed by atoms with Gasteiger partial charge in [0.15, 0.2) is 0 Å². The van der Waals surface area contributed by atoms with E-state index in [2.05, 4.69) is 62.4 Å². The van der Waals surface area contributed by atoms with Crippen LogP contribution in [0.15, 0.2) is 48.5 Å². The lowest BCUT2D eigenvalue weighted by Crippen LogP contribution is -1.88. The Morgan fingerprint density at radius 3 is 2.14 bits per heavy atom. The van der Waals surface area contributed by atoms with Gasteiger partial charge in [-0.05, 0) is 36.5 Å². The molecule has 0 spiro atoms. The van der Waals surface area contributed by atoms with Gasteiger partial charge in [-0.3, -0.25) is 0 Å². The third kappa shape index (κ3) is 5.38. The van der Waals surface area contributed by atoms with Gasteiger partial charge in [-0.25, -0.2) is 0 Å². The van der Waals surface area contributed by atoms with Crippen LogP contribution in [0, 0.1) is 6.92 Å². The third-order valence-corrected chi connectivity index (χ3v) is 4.10. The molecule has 0 saturated carbocycles. The highest BCUT2D eigenvalue weighted by atomic mass is 14.1. The third-order valence-electron chi connectivity index (χ3n) is 4.10. The molecular formula is C21H28. The summed E-state index contributed by atoms with van der Waals surface area (Å²) < 4.78 is 0. The van der Waals surface area contributed by atoms with Crippen molar-refractivity contribution in [3.05, 3.63) is 59.7 Å². The van der Waals surface area contributed by atoms with Crippen molar-refractivity contribution in [3.8, 4) is 11.1 Å². The number of hydrogen-bond acceptors (Lipinski definition) is 0. The minimum Gasteiger partial charge on any atom is -0.0654 e. The van der Waals surface area contributed by atoms with Gasteiger partial charge in [0.2, 0.25) is 0 Å². The Kier molecular flexibility index (Phi) is 6.53. The van der Waals surface area contributed by atoms with Crippen LogP contribution in [0.25, 0.3) is 11.1 Å². The standard InChI is InChI=1S/C21H28/c1-3-4-5-6-7-8-12-19-13-10-15-21(17-19)20-14-9-11-18(2)16-20/h9-11,13-17H,3-8,12H2,1-2H3. The van der Waals surface area contributed by atoms with Gasteiger partial charge in [0.05, 0.1) is 0 Å². The molecule has 0 nitrogen and oxygen atoms in total. The first-order valence-corrected chi connectivity index (χ1v) is 8.45. The predicted octanol–water partition coefficient (Wildman–Crippen LogP) is 6.57. The van der Waals surface area contributed by atoms with Crippen LogP contribution in [-0.2, 0) is 6.42 Å². The molecule has 0 atom stereocenters. The lowest BCUT2D eigenvalue weighted by Gasteiger charge is -2.07. The summed E-state index contributed by atoms with van der Waals surface area (Å²) >= 11 is 0. The Bertz CT molecular complexity index is 539. The number of rotatable bonds is 8. The average molecular weight is 280 g/mol. The molecule has 0 saturated heterocycles. The number of benzene rings is 2. The maximum Gasteiger partial charge on any atom is -0.0181 e. The number of unbranched alkanes of at least 4 members (excludes halogenated alkanes) is 5. The monoisotopic (exact) mass is 280 g/mol. The lowest BCUT2D eigenvalue weighted by molar-refractivity contribution is 0.607. The summed E-state index contributed by atoms with van der Waals surface area (Å²) in [7, 11) is 0. The first kappa shape index (κ1) is 15.8. The van der Waals surface area contributed by atoms with Crippen LogP contribution in [0.2, 0.25) is 0 Å². The largest absolute Gasteiger partial charge is 0.0654 e. The highest BCUT2D eigenvalue weighted by Crippen LogP contribution is 2.22. The highest BCUT2D eigenvalue weighted by Gasteiger charge is 2.00. The molecule has 2 aromatic carbocycles. The van der Waals surface area contributed by atoms with Gasteiger partial charge in [-0.15, -0.1) is 0 Å². The van der Waals surface area contributed by atoms with Gasteiger partial charge in [-0.1, -0.05) is 93.1 Å². The van der Waals surface area contributed by atoms with Crippen LogP contribution in [0.4, 0.5) is 0 Å². The van der Waals surface area contributed by atoms with Crippen molar-refractivity contribution in [1.82, 2.24) is 0 Å². The zero-order valence-electron chi connectivity index (χ0n) is 13.6.